The number of hydrogen-bond donors (Lipinski definition) is 0. The molecule has 5 heteroatoms. The molecule has 2 aromatic carbocycles. The van der Waals surface area contributed by atoms with Crippen molar-refractivity contribution in [1.29, 1.82) is 0 Å². The lowest BCUT2D eigenvalue weighted by atomic mass is 10.1. The van der Waals surface area contributed by atoms with E-state index in [2.05, 4.69) is 22.6 Å². The lowest BCUT2D eigenvalue weighted by Crippen LogP contribution is -1.89. The highest BCUT2D eigenvalue weighted by Crippen LogP contribution is 2.36. The predicted octanol–water partition coefficient (Wildman–Crippen LogP) is 4.58. The van der Waals surface area contributed by atoms with Gasteiger partial charge in [0.2, 0.25) is 0 Å². The maximum Gasteiger partial charge on any atom is 0.151 e. The molecule has 0 saturated carbocycles. The first-order valence-corrected chi connectivity index (χ1v) is 8.51. The number of rotatable bonds is 2. The summed E-state index contributed by atoms with van der Waals surface area (Å²) < 4.78 is 32.0. The molecule has 3 aromatic rings. The molecule has 1 heterocycles. The van der Waals surface area contributed by atoms with Crippen LogP contribution in [0.3, 0.4) is 0 Å². The minimum atomic E-state index is -1.19. The van der Waals surface area contributed by atoms with Crippen molar-refractivity contribution in [2.24, 2.45) is 0 Å². The van der Waals surface area contributed by atoms with E-state index in [0.29, 0.717) is 16.2 Å². The van der Waals surface area contributed by atoms with Crippen molar-refractivity contribution < 1.29 is 13.0 Å². The third kappa shape index (κ3) is 2.40. The van der Waals surface area contributed by atoms with Crippen LogP contribution in [0.15, 0.2) is 51.8 Å². The highest BCUT2D eigenvalue weighted by atomic mass is 127. The van der Waals surface area contributed by atoms with Crippen LogP contribution >= 0.6 is 22.6 Å². The molecule has 3 rings (SSSR count). The molecule has 20 heavy (non-hydrogen) atoms. The highest BCUT2D eigenvalue weighted by Gasteiger charge is 2.19. The van der Waals surface area contributed by atoms with Gasteiger partial charge in [-0.05, 0) is 65.1 Å². The Labute approximate surface area is 131 Å². The molecule has 0 fully saturated rings. The topological polar surface area (TPSA) is 30.2 Å². The van der Waals surface area contributed by atoms with E-state index in [0.717, 1.165) is 14.5 Å². The lowest BCUT2D eigenvalue weighted by molar-refractivity contribution is 0.618. The molecule has 102 valence electrons. The Kier molecular flexibility index (Phi) is 3.64. The van der Waals surface area contributed by atoms with E-state index in [1.165, 1.54) is 12.1 Å². The number of fused-ring (bicyclic) bond motifs is 1. The van der Waals surface area contributed by atoms with Crippen LogP contribution in [0.2, 0.25) is 0 Å². The van der Waals surface area contributed by atoms with Crippen molar-refractivity contribution in [2.75, 3.05) is 6.26 Å². The molecule has 0 spiro atoms. The first-order chi connectivity index (χ1) is 9.56. The van der Waals surface area contributed by atoms with Crippen LogP contribution in [0.25, 0.3) is 22.3 Å². The summed E-state index contributed by atoms with van der Waals surface area (Å²) in [6.07, 6.45) is 1.62. The maximum absolute atomic E-state index is 13.0. The third-order valence-electron chi connectivity index (χ3n) is 3.00. The smallest absolute Gasteiger partial charge is 0.151 e. The van der Waals surface area contributed by atoms with Gasteiger partial charge in [0.15, 0.2) is 5.76 Å². The summed E-state index contributed by atoms with van der Waals surface area (Å²) in [4.78, 5) is 0.658. The molecule has 0 N–H and O–H groups in total. The van der Waals surface area contributed by atoms with Crippen molar-refractivity contribution in [3.05, 3.63) is 51.9 Å². The minimum absolute atomic E-state index is 0.307. The zero-order valence-electron chi connectivity index (χ0n) is 10.5. The van der Waals surface area contributed by atoms with Gasteiger partial charge in [0, 0.05) is 20.8 Å². The first kappa shape index (κ1) is 13.8. The third-order valence-corrected chi connectivity index (χ3v) is 4.65. The van der Waals surface area contributed by atoms with E-state index in [1.54, 1.807) is 18.4 Å². The van der Waals surface area contributed by atoms with E-state index in [4.69, 9.17) is 4.42 Å². The van der Waals surface area contributed by atoms with Gasteiger partial charge in [-0.1, -0.05) is 0 Å². The van der Waals surface area contributed by atoms with Crippen LogP contribution in [0.4, 0.5) is 4.39 Å². The summed E-state index contributed by atoms with van der Waals surface area (Å²) in [7, 11) is -1.19. The van der Waals surface area contributed by atoms with E-state index < -0.39 is 10.8 Å². The van der Waals surface area contributed by atoms with Crippen molar-refractivity contribution in [1.82, 2.24) is 0 Å². The van der Waals surface area contributed by atoms with Gasteiger partial charge in [-0.15, -0.1) is 0 Å². The molecule has 0 saturated heterocycles. The monoisotopic (exact) mass is 400 g/mol. The molecule has 0 aliphatic carbocycles. The Morgan fingerprint density at radius 1 is 1.15 bits per heavy atom. The molecular weight excluding hydrogens is 390 g/mol. The second-order valence-electron chi connectivity index (χ2n) is 4.36. The van der Waals surface area contributed by atoms with Crippen LogP contribution in [-0.4, -0.2) is 10.5 Å². The summed E-state index contributed by atoms with van der Waals surface area (Å²) in [6, 6.07) is 11.7. The van der Waals surface area contributed by atoms with Crippen LogP contribution in [0.1, 0.15) is 0 Å². The second kappa shape index (κ2) is 5.29. The van der Waals surface area contributed by atoms with Crippen LogP contribution in [0, 0.1) is 9.39 Å². The van der Waals surface area contributed by atoms with Crippen LogP contribution < -0.4 is 0 Å². The van der Waals surface area contributed by atoms with Crippen LogP contribution in [-0.2, 0) is 10.8 Å². The summed E-state index contributed by atoms with van der Waals surface area (Å²) in [5, 5.41) is 0.844. The van der Waals surface area contributed by atoms with E-state index in [9.17, 15) is 8.60 Å². The number of furan rings is 1. The molecule has 0 bridgehead atoms. The molecule has 0 radical (unpaired) electrons. The molecule has 1 atom stereocenters. The van der Waals surface area contributed by atoms with Crippen molar-refractivity contribution >= 4 is 44.4 Å². The fourth-order valence-corrected chi connectivity index (χ4v) is 3.50. The van der Waals surface area contributed by atoms with Gasteiger partial charge >= 0.3 is 0 Å². The van der Waals surface area contributed by atoms with Gasteiger partial charge in [-0.3, -0.25) is 4.21 Å². The van der Waals surface area contributed by atoms with E-state index in [-0.39, 0.29) is 5.82 Å². The number of hydrogen-bond acceptors (Lipinski definition) is 2. The summed E-state index contributed by atoms with van der Waals surface area (Å²) in [5.74, 6) is 0.237. The predicted molar refractivity (Wildman–Crippen MR) is 86.7 cm³/mol. The first-order valence-electron chi connectivity index (χ1n) is 5.87. The van der Waals surface area contributed by atoms with E-state index in [1.807, 2.05) is 18.2 Å². The highest BCUT2D eigenvalue weighted by molar-refractivity contribution is 14.1. The van der Waals surface area contributed by atoms with Gasteiger partial charge < -0.3 is 4.42 Å². The number of halogens is 2. The van der Waals surface area contributed by atoms with Gasteiger partial charge in [0.1, 0.15) is 11.4 Å². The zero-order chi connectivity index (χ0) is 14.3. The average Bonchev–Trinajstić information content (AvgIpc) is 2.78. The van der Waals surface area contributed by atoms with Gasteiger partial charge in [0.05, 0.1) is 15.7 Å². The van der Waals surface area contributed by atoms with Crippen molar-refractivity contribution in [3.8, 4) is 11.3 Å². The largest absolute Gasteiger partial charge is 0.455 e. The summed E-state index contributed by atoms with van der Waals surface area (Å²) in [5.41, 5.74) is 1.41. The summed E-state index contributed by atoms with van der Waals surface area (Å²) >= 11 is 2.21. The fraction of sp³-hybridized carbons (Fsp3) is 0.0667. The maximum atomic E-state index is 13.0. The minimum Gasteiger partial charge on any atom is -0.455 e. The zero-order valence-corrected chi connectivity index (χ0v) is 13.5. The fourth-order valence-electron chi connectivity index (χ4n) is 2.12. The quantitative estimate of drug-likeness (QED) is 0.590. The molecule has 1 aromatic heterocycles. The normalized spacial score (nSPS) is 12.8. The molecule has 0 aliphatic rings. The molecule has 0 amide bonds. The standard InChI is InChI=1S/C15H10FIO2S/c1-20(18)15-12-8-11(17)6-7-13(12)19-14(15)9-2-4-10(16)5-3-9/h2-8H,1H3/t20-/m1/s1. The Hall–Kier alpha value is -1.21. The summed E-state index contributed by atoms with van der Waals surface area (Å²) in [6.45, 7) is 0. The Morgan fingerprint density at radius 2 is 1.85 bits per heavy atom. The average molecular weight is 400 g/mol. The number of benzene rings is 2. The van der Waals surface area contributed by atoms with Crippen molar-refractivity contribution in [3.63, 3.8) is 0 Å². The van der Waals surface area contributed by atoms with Crippen LogP contribution in [0.5, 0.6) is 0 Å². The Morgan fingerprint density at radius 3 is 2.50 bits per heavy atom. The molecule has 0 aliphatic heterocycles. The molecular formula is C15H10FIO2S. The van der Waals surface area contributed by atoms with Gasteiger partial charge in [0.25, 0.3) is 0 Å². The van der Waals surface area contributed by atoms with E-state index >= 15 is 0 Å². The second-order valence-corrected chi connectivity index (χ2v) is 6.92. The van der Waals surface area contributed by atoms with Gasteiger partial charge in [-0.2, -0.15) is 0 Å². The lowest BCUT2D eigenvalue weighted by Gasteiger charge is -2.00. The Balaban J connectivity index is 2.32. The molecule has 0 unspecified atom stereocenters. The SMILES string of the molecule is C[S@@](=O)c1c(-c2ccc(F)cc2)oc2ccc(I)cc12. The van der Waals surface area contributed by atoms with Gasteiger partial charge in [-0.25, -0.2) is 4.39 Å². The molecule has 2 nitrogen and oxygen atoms in total. The Bertz CT molecular complexity index is 809. The van der Waals surface area contributed by atoms with Crippen molar-refractivity contribution in [2.45, 2.75) is 4.90 Å².